The quantitative estimate of drug-likeness (QED) is 0.193. The maximum atomic E-state index is 12.6. The van der Waals surface area contributed by atoms with Crippen molar-refractivity contribution in [2.75, 3.05) is 39.8 Å². The number of hydrogen-bond acceptors (Lipinski definition) is 4. The number of carbonyl (C=O) groups is 1. The molecule has 0 saturated carbocycles. The number of hydrogen-bond donors (Lipinski definition) is 3. The summed E-state index contributed by atoms with van der Waals surface area (Å²) in [5.41, 5.74) is -5.25. The van der Waals surface area contributed by atoms with Crippen molar-refractivity contribution in [2.45, 2.75) is 32.2 Å². The van der Waals surface area contributed by atoms with E-state index in [0.717, 1.165) is 0 Å². The summed E-state index contributed by atoms with van der Waals surface area (Å²) in [6.07, 6.45) is 0.674. The number of piperidine rings is 1. The minimum atomic E-state index is -5.25. The summed E-state index contributed by atoms with van der Waals surface area (Å²) in [5, 5.41) is 8.85. The first-order valence-corrected chi connectivity index (χ1v) is 10.2. The number of rotatable bonds is 7. The Kier molecular flexibility index (Phi) is 11.6. The van der Waals surface area contributed by atoms with Crippen LogP contribution in [0.4, 0.5) is 13.2 Å². The first-order chi connectivity index (χ1) is 12.5. The first-order valence-electron chi connectivity index (χ1n) is 8.77. The average molecular weight is 543 g/mol. The highest BCUT2D eigenvalue weighted by atomic mass is 127. The zero-order chi connectivity index (χ0) is 20.7. The van der Waals surface area contributed by atoms with Gasteiger partial charge in [0.25, 0.3) is 0 Å². The summed E-state index contributed by atoms with van der Waals surface area (Å²) in [4.78, 5) is 15.5. The number of amides is 1. The zero-order valence-electron chi connectivity index (χ0n) is 16.2. The molecule has 0 spiro atoms. The van der Waals surface area contributed by atoms with Crippen LogP contribution in [0.3, 0.4) is 0 Å². The molecule has 0 aromatic heterocycles. The van der Waals surface area contributed by atoms with E-state index in [-0.39, 0.29) is 54.8 Å². The van der Waals surface area contributed by atoms with Crippen molar-refractivity contribution < 1.29 is 26.4 Å². The average Bonchev–Trinajstić information content (AvgIpc) is 2.60. The number of alkyl halides is 3. The lowest BCUT2D eigenvalue weighted by atomic mass is 9.98. The van der Waals surface area contributed by atoms with E-state index in [1.807, 2.05) is 0 Å². The molecule has 1 amide bonds. The van der Waals surface area contributed by atoms with Gasteiger partial charge < -0.3 is 16.0 Å². The highest BCUT2D eigenvalue weighted by Gasteiger charge is 2.50. The third-order valence-corrected chi connectivity index (χ3v) is 5.86. The molecule has 166 valence electrons. The van der Waals surface area contributed by atoms with Gasteiger partial charge in [-0.1, -0.05) is 13.8 Å². The van der Waals surface area contributed by atoms with Crippen molar-refractivity contribution in [1.29, 1.82) is 0 Å². The third-order valence-electron chi connectivity index (χ3n) is 4.23. The molecule has 8 nitrogen and oxygen atoms in total. The Morgan fingerprint density at radius 1 is 1.14 bits per heavy atom. The summed E-state index contributed by atoms with van der Waals surface area (Å²) in [7, 11) is -3.66. The van der Waals surface area contributed by atoms with Crippen LogP contribution in [-0.2, 0) is 14.8 Å². The number of guanidine groups is 1. The number of halogens is 4. The van der Waals surface area contributed by atoms with Gasteiger partial charge in [0, 0.05) is 45.7 Å². The number of nitrogens with one attached hydrogen (secondary N) is 3. The van der Waals surface area contributed by atoms with Crippen LogP contribution in [0.5, 0.6) is 0 Å². The molecule has 28 heavy (non-hydrogen) atoms. The molecule has 1 saturated heterocycles. The van der Waals surface area contributed by atoms with Crippen molar-refractivity contribution in [3.05, 3.63) is 0 Å². The maximum absolute atomic E-state index is 12.6. The molecular formula is C15H29F3IN5O3S. The van der Waals surface area contributed by atoms with Crippen molar-refractivity contribution in [3.63, 3.8) is 0 Å². The summed E-state index contributed by atoms with van der Waals surface area (Å²) in [6.45, 7) is 4.68. The third kappa shape index (κ3) is 8.27. The number of aliphatic imine (C=N–C) groups is 1. The molecule has 3 N–H and O–H groups in total. The molecule has 0 radical (unpaired) electrons. The fourth-order valence-electron chi connectivity index (χ4n) is 2.53. The van der Waals surface area contributed by atoms with Gasteiger partial charge in [0.15, 0.2) is 5.96 Å². The summed E-state index contributed by atoms with van der Waals surface area (Å²) >= 11 is 0. The standard InChI is InChI=1S/C15H28F3N5O3S.HI/c1-11(2)13(24)20-6-7-21-14(19-3)22-10-12-4-8-23(9-5-12)27(25,26)15(16,17)18;/h11-12H,4-10H2,1-3H3,(H,20,24)(H2,19,21,22);1H. The monoisotopic (exact) mass is 543 g/mol. The van der Waals surface area contributed by atoms with Crippen LogP contribution in [0.2, 0.25) is 0 Å². The maximum Gasteiger partial charge on any atom is 0.511 e. The van der Waals surface area contributed by atoms with E-state index < -0.39 is 15.5 Å². The summed E-state index contributed by atoms with van der Waals surface area (Å²) < 4.78 is 61.0. The molecule has 0 bridgehead atoms. The molecule has 0 atom stereocenters. The van der Waals surface area contributed by atoms with E-state index >= 15 is 0 Å². The Hall–Kier alpha value is -0.830. The van der Waals surface area contributed by atoms with E-state index in [1.54, 1.807) is 20.9 Å². The fourth-order valence-corrected chi connectivity index (χ4v) is 3.52. The molecule has 0 aromatic carbocycles. The molecule has 1 fully saturated rings. The van der Waals surface area contributed by atoms with Gasteiger partial charge in [-0.3, -0.25) is 9.79 Å². The topological polar surface area (TPSA) is 103 Å². The van der Waals surface area contributed by atoms with Gasteiger partial charge in [0.2, 0.25) is 5.91 Å². The molecule has 1 aliphatic rings. The Morgan fingerprint density at radius 3 is 2.14 bits per heavy atom. The molecule has 0 aromatic rings. The lowest BCUT2D eigenvalue weighted by molar-refractivity contribution is -0.123. The number of nitrogens with zero attached hydrogens (tertiary/aromatic N) is 2. The van der Waals surface area contributed by atoms with E-state index in [2.05, 4.69) is 20.9 Å². The van der Waals surface area contributed by atoms with Gasteiger partial charge in [-0.05, 0) is 18.8 Å². The van der Waals surface area contributed by atoms with E-state index in [1.165, 1.54) is 0 Å². The van der Waals surface area contributed by atoms with Crippen LogP contribution < -0.4 is 16.0 Å². The van der Waals surface area contributed by atoms with Crippen LogP contribution in [0.15, 0.2) is 4.99 Å². The van der Waals surface area contributed by atoms with Gasteiger partial charge >= 0.3 is 15.5 Å². The normalized spacial score (nSPS) is 17.2. The van der Waals surface area contributed by atoms with Crippen LogP contribution >= 0.6 is 24.0 Å². The molecule has 0 aliphatic carbocycles. The van der Waals surface area contributed by atoms with Crippen LogP contribution in [0, 0.1) is 11.8 Å². The Morgan fingerprint density at radius 2 is 1.68 bits per heavy atom. The largest absolute Gasteiger partial charge is 0.511 e. The van der Waals surface area contributed by atoms with Gasteiger partial charge in [0.1, 0.15) is 0 Å². The van der Waals surface area contributed by atoms with Crippen LogP contribution in [0.25, 0.3) is 0 Å². The van der Waals surface area contributed by atoms with E-state index in [9.17, 15) is 26.4 Å². The van der Waals surface area contributed by atoms with E-state index in [0.29, 0.717) is 42.7 Å². The zero-order valence-corrected chi connectivity index (χ0v) is 19.3. The first kappa shape index (κ1) is 27.2. The minimum absolute atomic E-state index is 0. The number of sulfonamides is 1. The summed E-state index contributed by atoms with van der Waals surface area (Å²) in [5.74, 6) is 0.429. The van der Waals surface area contributed by atoms with Gasteiger partial charge in [-0.2, -0.15) is 17.5 Å². The molecular weight excluding hydrogens is 514 g/mol. The highest BCUT2D eigenvalue weighted by molar-refractivity contribution is 14.0. The lowest BCUT2D eigenvalue weighted by Gasteiger charge is -2.31. The minimum Gasteiger partial charge on any atom is -0.356 e. The lowest BCUT2D eigenvalue weighted by Crippen LogP contribution is -2.47. The van der Waals surface area contributed by atoms with Crippen molar-refractivity contribution in [1.82, 2.24) is 20.3 Å². The van der Waals surface area contributed by atoms with Crippen molar-refractivity contribution in [2.24, 2.45) is 16.8 Å². The second kappa shape index (κ2) is 12.0. The SMILES string of the molecule is CN=C(NCCNC(=O)C(C)C)NCC1CCN(S(=O)(=O)C(F)(F)F)CC1.I. The molecule has 13 heteroatoms. The van der Waals surface area contributed by atoms with Crippen LogP contribution in [0.1, 0.15) is 26.7 Å². The molecule has 0 unspecified atom stereocenters. The predicted molar refractivity (Wildman–Crippen MR) is 112 cm³/mol. The van der Waals surface area contributed by atoms with Crippen molar-refractivity contribution >= 4 is 45.9 Å². The Bertz CT molecular complexity index is 621. The second-order valence-corrected chi connectivity index (χ2v) is 8.55. The van der Waals surface area contributed by atoms with Crippen molar-refractivity contribution in [3.8, 4) is 0 Å². The van der Waals surface area contributed by atoms with E-state index in [4.69, 9.17) is 0 Å². The van der Waals surface area contributed by atoms with Crippen LogP contribution in [-0.4, -0.2) is 69.9 Å². The Balaban J connectivity index is 0.00000729. The summed E-state index contributed by atoms with van der Waals surface area (Å²) in [6, 6.07) is 0. The van der Waals surface area contributed by atoms with Gasteiger partial charge in [0.05, 0.1) is 0 Å². The van der Waals surface area contributed by atoms with Gasteiger partial charge in [-0.15, -0.1) is 24.0 Å². The second-order valence-electron chi connectivity index (χ2n) is 6.62. The molecule has 1 rings (SSSR count). The fraction of sp³-hybridized carbons (Fsp3) is 0.867. The highest BCUT2D eigenvalue weighted by Crippen LogP contribution is 2.30. The smallest absolute Gasteiger partial charge is 0.356 e. The molecule has 1 heterocycles. The Labute approximate surface area is 181 Å². The number of carbonyl (C=O) groups excluding carboxylic acids is 1. The predicted octanol–water partition coefficient (Wildman–Crippen LogP) is 1.10. The molecule has 1 aliphatic heterocycles. The van der Waals surface area contributed by atoms with Gasteiger partial charge in [-0.25, -0.2) is 8.42 Å².